The largest absolute Gasteiger partial charge is 0.506 e. The van der Waals surface area contributed by atoms with E-state index in [2.05, 4.69) is 39.8 Å². The topological polar surface area (TPSA) is 59.9 Å². The standard InChI is InChI=1S/C27H31ClN4O2/c1-30(2)9-10-31-11-13-32(14-12-31)26-21-15-19(20-6-8-25(33)23(28)16-20)5-7-24(21)29-17-22(26)27(34)18-3-4-18/h5-8,15-18,33H,3-4,9-14H2,1-2H3. The predicted molar refractivity (Wildman–Crippen MR) is 138 cm³/mol. The van der Waals surface area contributed by atoms with Crippen LogP contribution in [-0.2, 0) is 0 Å². The third-order valence-corrected chi connectivity index (χ3v) is 7.19. The summed E-state index contributed by atoms with van der Waals surface area (Å²) in [5.41, 5.74) is 4.55. The minimum absolute atomic E-state index is 0.0676. The number of carbonyl (C=O) groups is 1. The van der Waals surface area contributed by atoms with Crippen LogP contribution >= 0.6 is 11.6 Å². The van der Waals surface area contributed by atoms with Crippen molar-refractivity contribution in [3.05, 3.63) is 53.2 Å². The van der Waals surface area contributed by atoms with Crippen LogP contribution in [0.4, 0.5) is 5.69 Å². The van der Waals surface area contributed by atoms with Crippen LogP contribution in [0.15, 0.2) is 42.6 Å². The van der Waals surface area contributed by atoms with Crippen molar-refractivity contribution in [3.8, 4) is 16.9 Å². The number of hydrogen-bond acceptors (Lipinski definition) is 6. The van der Waals surface area contributed by atoms with Gasteiger partial charge in [0.25, 0.3) is 0 Å². The second-order valence-corrected chi connectivity index (χ2v) is 10.1. The monoisotopic (exact) mass is 478 g/mol. The highest BCUT2D eigenvalue weighted by Gasteiger charge is 2.34. The maximum atomic E-state index is 13.3. The number of hydrogen-bond donors (Lipinski definition) is 1. The highest BCUT2D eigenvalue weighted by atomic mass is 35.5. The molecule has 0 amide bonds. The van der Waals surface area contributed by atoms with E-state index in [0.29, 0.717) is 5.02 Å². The molecule has 1 aromatic heterocycles. The van der Waals surface area contributed by atoms with Crippen LogP contribution in [0.2, 0.25) is 5.02 Å². The highest BCUT2D eigenvalue weighted by Crippen LogP contribution is 2.39. The van der Waals surface area contributed by atoms with Gasteiger partial charge in [-0.2, -0.15) is 0 Å². The van der Waals surface area contributed by atoms with Gasteiger partial charge in [0.05, 0.1) is 21.8 Å². The molecule has 2 heterocycles. The molecule has 1 aliphatic heterocycles. The fourth-order valence-electron chi connectivity index (χ4n) is 4.67. The molecule has 3 aromatic rings. The van der Waals surface area contributed by atoms with Gasteiger partial charge in [0.15, 0.2) is 5.78 Å². The zero-order valence-electron chi connectivity index (χ0n) is 19.8. The first-order valence-corrected chi connectivity index (χ1v) is 12.4. The number of halogens is 1. The van der Waals surface area contributed by atoms with Crippen molar-refractivity contribution in [1.82, 2.24) is 14.8 Å². The average molecular weight is 479 g/mol. The summed E-state index contributed by atoms with van der Waals surface area (Å²) < 4.78 is 0. The van der Waals surface area contributed by atoms with Gasteiger partial charge in [0.1, 0.15) is 5.75 Å². The zero-order chi connectivity index (χ0) is 23.8. The van der Waals surface area contributed by atoms with E-state index in [-0.39, 0.29) is 17.5 Å². The van der Waals surface area contributed by atoms with Gasteiger partial charge >= 0.3 is 0 Å². The molecule has 2 aliphatic rings. The number of carbonyl (C=O) groups excluding carboxylic acids is 1. The Morgan fingerprint density at radius 1 is 1.09 bits per heavy atom. The molecule has 178 valence electrons. The summed E-state index contributed by atoms with van der Waals surface area (Å²) in [7, 11) is 4.21. The van der Waals surface area contributed by atoms with Crippen molar-refractivity contribution >= 4 is 34.0 Å². The lowest BCUT2D eigenvalue weighted by Crippen LogP contribution is -2.48. The van der Waals surface area contributed by atoms with Gasteiger partial charge in [-0.3, -0.25) is 14.7 Å². The van der Waals surface area contributed by atoms with Gasteiger partial charge in [-0.1, -0.05) is 23.7 Å². The molecule has 0 unspecified atom stereocenters. The molecule has 0 spiro atoms. The minimum Gasteiger partial charge on any atom is -0.506 e. The van der Waals surface area contributed by atoms with Crippen molar-refractivity contribution < 1.29 is 9.90 Å². The fourth-order valence-corrected chi connectivity index (χ4v) is 4.85. The Balaban J connectivity index is 1.54. The second-order valence-electron chi connectivity index (χ2n) is 9.69. The molecule has 2 fully saturated rings. The van der Waals surface area contributed by atoms with Crippen LogP contribution in [0.1, 0.15) is 23.2 Å². The molecule has 0 radical (unpaired) electrons. The minimum atomic E-state index is 0.0676. The van der Waals surface area contributed by atoms with E-state index in [1.54, 1.807) is 18.3 Å². The Labute approximate surface area is 205 Å². The fraction of sp³-hybridized carbons (Fsp3) is 0.407. The number of ketones is 1. The smallest absolute Gasteiger partial charge is 0.169 e. The number of rotatable bonds is 7. The van der Waals surface area contributed by atoms with Crippen LogP contribution in [0.5, 0.6) is 5.75 Å². The molecule has 1 N–H and O–H groups in total. The molecule has 0 bridgehead atoms. The summed E-state index contributed by atoms with van der Waals surface area (Å²) in [6, 6.07) is 11.4. The molecule has 5 rings (SSSR count). The number of likely N-dealkylation sites (N-methyl/N-ethyl adjacent to an activating group) is 1. The number of phenols is 1. The van der Waals surface area contributed by atoms with Crippen molar-refractivity contribution in [2.75, 3.05) is 58.3 Å². The SMILES string of the molecule is CN(C)CCN1CCN(c2c(C(=O)C3CC3)cnc3ccc(-c4ccc(O)c(Cl)c4)cc23)CC1. The van der Waals surface area contributed by atoms with Crippen molar-refractivity contribution in [2.45, 2.75) is 12.8 Å². The molecular weight excluding hydrogens is 448 g/mol. The number of anilines is 1. The molecule has 2 aromatic carbocycles. The van der Waals surface area contributed by atoms with Crippen molar-refractivity contribution in [3.63, 3.8) is 0 Å². The summed E-state index contributed by atoms with van der Waals surface area (Å²) in [4.78, 5) is 25.0. The summed E-state index contributed by atoms with van der Waals surface area (Å²) in [6.07, 6.45) is 3.73. The molecule has 1 saturated heterocycles. The van der Waals surface area contributed by atoms with Crippen LogP contribution in [0.25, 0.3) is 22.0 Å². The van der Waals surface area contributed by atoms with Crippen LogP contribution in [0.3, 0.4) is 0 Å². The van der Waals surface area contributed by atoms with E-state index in [0.717, 1.165) is 85.4 Å². The first-order valence-electron chi connectivity index (χ1n) is 12.0. The van der Waals surface area contributed by atoms with Gasteiger partial charge in [-0.05, 0) is 62.3 Å². The number of piperazine rings is 1. The maximum Gasteiger partial charge on any atom is 0.169 e. The second kappa shape index (κ2) is 9.53. The molecule has 1 aliphatic carbocycles. The lowest BCUT2D eigenvalue weighted by atomic mass is 9.98. The van der Waals surface area contributed by atoms with Gasteiger partial charge in [0, 0.05) is 56.8 Å². The molecule has 7 heteroatoms. The van der Waals surface area contributed by atoms with Gasteiger partial charge in [0.2, 0.25) is 0 Å². The Morgan fingerprint density at radius 2 is 1.79 bits per heavy atom. The number of phenolic OH excluding ortho intramolecular Hbond substituents is 1. The Hall–Kier alpha value is -2.67. The van der Waals surface area contributed by atoms with Crippen molar-refractivity contribution in [1.29, 1.82) is 0 Å². The quantitative estimate of drug-likeness (QED) is 0.503. The lowest BCUT2D eigenvalue weighted by molar-refractivity contribution is 0.0967. The number of nitrogens with zero attached hydrogens (tertiary/aromatic N) is 4. The van der Waals surface area contributed by atoms with Gasteiger partial charge in [-0.15, -0.1) is 0 Å². The van der Waals surface area contributed by atoms with E-state index in [1.807, 2.05) is 18.2 Å². The third kappa shape index (κ3) is 4.76. The highest BCUT2D eigenvalue weighted by molar-refractivity contribution is 6.32. The number of benzene rings is 2. The Morgan fingerprint density at radius 3 is 2.47 bits per heavy atom. The van der Waals surface area contributed by atoms with Crippen LogP contribution in [0, 0.1) is 5.92 Å². The zero-order valence-corrected chi connectivity index (χ0v) is 20.6. The number of fused-ring (bicyclic) bond motifs is 1. The summed E-state index contributed by atoms with van der Waals surface area (Å²) >= 11 is 6.18. The average Bonchev–Trinajstić information content (AvgIpc) is 3.69. The normalized spacial score (nSPS) is 17.0. The first kappa shape index (κ1) is 23.1. The molecule has 0 atom stereocenters. The van der Waals surface area contributed by atoms with Crippen molar-refractivity contribution in [2.24, 2.45) is 5.92 Å². The molecule has 1 saturated carbocycles. The predicted octanol–water partition coefficient (Wildman–Crippen LogP) is 4.54. The number of Topliss-reactive ketones (excluding diaryl/α,β-unsaturated/α-hetero) is 1. The number of aromatic nitrogens is 1. The maximum absolute atomic E-state index is 13.3. The van der Waals surface area contributed by atoms with Gasteiger partial charge < -0.3 is 14.9 Å². The Bertz CT molecular complexity index is 1220. The Kier molecular flexibility index (Phi) is 6.47. The van der Waals surface area contributed by atoms with Crippen LogP contribution in [-0.4, -0.2) is 79.0 Å². The molecule has 6 nitrogen and oxygen atoms in total. The van der Waals surface area contributed by atoms with E-state index in [4.69, 9.17) is 11.6 Å². The van der Waals surface area contributed by atoms with E-state index < -0.39 is 0 Å². The number of aromatic hydroxyl groups is 1. The summed E-state index contributed by atoms with van der Waals surface area (Å²) in [6.45, 7) is 5.81. The summed E-state index contributed by atoms with van der Waals surface area (Å²) in [5.74, 6) is 0.425. The molecular formula is C27H31ClN4O2. The van der Waals surface area contributed by atoms with E-state index >= 15 is 0 Å². The van der Waals surface area contributed by atoms with E-state index in [9.17, 15) is 9.90 Å². The molecule has 34 heavy (non-hydrogen) atoms. The lowest BCUT2D eigenvalue weighted by Gasteiger charge is -2.37. The first-order chi connectivity index (χ1) is 16.4. The number of pyridine rings is 1. The third-order valence-electron chi connectivity index (χ3n) is 6.89. The van der Waals surface area contributed by atoms with Gasteiger partial charge in [-0.25, -0.2) is 0 Å². The van der Waals surface area contributed by atoms with Crippen LogP contribution < -0.4 is 4.90 Å². The summed E-state index contributed by atoms with van der Waals surface area (Å²) in [5, 5.41) is 11.1. The van der Waals surface area contributed by atoms with E-state index in [1.165, 1.54) is 0 Å².